The Morgan fingerprint density at radius 3 is 2.63 bits per heavy atom. The Morgan fingerprint density at radius 2 is 1.91 bits per heavy atom. The highest BCUT2D eigenvalue weighted by atomic mass is 32.2. The topological polar surface area (TPSA) is 119 Å². The number of aromatic nitrogens is 2. The first-order chi connectivity index (χ1) is 16.8. The smallest absolute Gasteiger partial charge is 0.328 e. The Hall–Kier alpha value is -2.50. The van der Waals surface area contributed by atoms with Crippen LogP contribution in [0.4, 0.5) is 4.39 Å². The molecule has 1 aromatic carbocycles. The van der Waals surface area contributed by atoms with Crippen LogP contribution in [0.25, 0.3) is 0 Å². The molecule has 0 unspecified atom stereocenters. The molecule has 0 spiro atoms. The number of H-pyrrole nitrogens is 1. The van der Waals surface area contributed by atoms with E-state index >= 15 is 0 Å². The van der Waals surface area contributed by atoms with Gasteiger partial charge in [-0.2, -0.15) is 0 Å². The number of halogens is 1. The average molecular weight is 510 g/mol. The zero-order chi connectivity index (χ0) is 24.9. The number of hydrogen-bond acceptors (Lipinski definition) is 6. The summed E-state index contributed by atoms with van der Waals surface area (Å²) < 4.78 is 55.9. The third-order valence-electron chi connectivity index (χ3n) is 6.56. The Bertz CT molecular complexity index is 1230. The molecule has 2 fully saturated rings. The Labute approximate surface area is 203 Å². The number of nitrogens with zero attached hydrogens (tertiary/aromatic N) is 1. The van der Waals surface area contributed by atoms with Crippen LogP contribution in [0.2, 0.25) is 0 Å². The molecule has 192 valence electrons. The predicted octanol–water partition coefficient (Wildman–Crippen LogP) is 2.26. The van der Waals surface area contributed by atoms with Crippen LogP contribution in [0.15, 0.2) is 40.1 Å². The summed E-state index contributed by atoms with van der Waals surface area (Å²) in [5, 5.41) is 0. The molecule has 2 aromatic rings. The SMILES string of the molecule is O=c1ccn(CCCCCS(=O)(=O)NC2(c3ccc(F)c(OCC4CC4)c3)CCOCC2)c(=O)[nH]1. The van der Waals surface area contributed by atoms with Gasteiger partial charge in [0.05, 0.1) is 17.9 Å². The summed E-state index contributed by atoms with van der Waals surface area (Å²) in [6.45, 7) is 1.65. The standard InChI is InChI=1S/C24H32FN3O6S/c25-20-7-6-19(16-21(20)34-17-18-4-5-18)24(9-13-33-14-10-24)27-35(31,32)15-3-1-2-11-28-12-8-22(29)26-23(28)30/h6-8,12,16,18,27H,1-5,9-11,13-15,17H2,(H,26,29,30). The van der Waals surface area contributed by atoms with Crippen molar-refractivity contribution in [1.82, 2.24) is 14.3 Å². The predicted molar refractivity (Wildman–Crippen MR) is 128 cm³/mol. The summed E-state index contributed by atoms with van der Waals surface area (Å²) >= 11 is 0. The maximum atomic E-state index is 14.3. The number of sulfonamides is 1. The van der Waals surface area contributed by atoms with Gasteiger partial charge < -0.3 is 14.0 Å². The number of aryl methyl sites for hydroxylation is 1. The quantitative estimate of drug-likeness (QED) is 0.424. The van der Waals surface area contributed by atoms with Crippen LogP contribution in [0, 0.1) is 11.7 Å². The van der Waals surface area contributed by atoms with E-state index in [0.29, 0.717) is 70.0 Å². The molecule has 1 aliphatic heterocycles. The minimum absolute atomic E-state index is 0.0671. The van der Waals surface area contributed by atoms with E-state index in [0.717, 1.165) is 12.8 Å². The number of nitrogens with one attached hydrogen (secondary N) is 2. The van der Waals surface area contributed by atoms with Crippen LogP contribution in [0.1, 0.15) is 50.5 Å². The summed E-state index contributed by atoms with van der Waals surface area (Å²) in [5.74, 6) is 0.0944. The zero-order valence-electron chi connectivity index (χ0n) is 19.6. The highest BCUT2D eigenvalue weighted by Crippen LogP contribution is 2.36. The van der Waals surface area contributed by atoms with Crippen molar-refractivity contribution in [3.05, 3.63) is 62.7 Å². The normalized spacial score (nSPS) is 17.9. The molecule has 9 nitrogen and oxygen atoms in total. The van der Waals surface area contributed by atoms with E-state index in [-0.39, 0.29) is 11.5 Å². The Balaban J connectivity index is 1.37. The van der Waals surface area contributed by atoms with Crippen LogP contribution in [-0.4, -0.2) is 43.5 Å². The molecule has 0 radical (unpaired) electrons. The number of ether oxygens (including phenoxy) is 2. The van der Waals surface area contributed by atoms with Gasteiger partial charge in [0.2, 0.25) is 10.0 Å². The molecule has 4 rings (SSSR count). The van der Waals surface area contributed by atoms with E-state index < -0.39 is 32.6 Å². The number of rotatable bonds is 12. The lowest BCUT2D eigenvalue weighted by atomic mass is 9.83. The highest BCUT2D eigenvalue weighted by Gasteiger charge is 2.38. The molecule has 1 saturated carbocycles. The molecule has 1 saturated heterocycles. The molecule has 0 atom stereocenters. The lowest BCUT2D eigenvalue weighted by Crippen LogP contribution is -2.50. The van der Waals surface area contributed by atoms with Gasteiger partial charge >= 0.3 is 5.69 Å². The van der Waals surface area contributed by atoms with E-state index in [2.05, 4.69) is 9.71 Å². The van der Waals surface area contributed by atoms with Crippen molar-refractivity contribution < 1.29 is 22.3 Å². The van der Waals surface area contributed by atoms with Crippen molar-refractivity contribution in [1.29, 1.82) is 0 Å². The first-order valence-corrected chi connectivity index (χ1v) is 13.7. The third-order valence-corrected chi connectivity index (χ3v) is 8.09. The van der Waals surface area contributed by atoms with Gasteiger partial charge in [0.1, 0.15) is 0 Å². The highest BCUT2D eigenvalue weighted by molar-refractivity contribution is 7.89. The maximum absolute atomic E-state index is 14.3. The van der Waals surface area contributed by atoms with Crippen molar-refractivity contribution in [2.45, 2.75) is 57.0 Å². The van der Waals surface area contributed by atoms with Gasteiger partial charge in [-0.3, -0.25) is 9.78 Å². The van der Waals surface area contributed by atoms with Crippen LogP contribution in [0.3, 0.4) is 0 Å². The minimum Gasteiger partial charge on any atom is -0.490 e. The third kappa shape index (κ3) is 7.02. The second-order valence-electron chi connectivity index (χ2n) is 9.38. The first-order valence-electron chi connectivity index (χ1n) is 12.1. The molecule has 1 aliphatic carbocycles. The monoisotopic (exact) mass is 509 g/mol. The number of benzene rings is 1. The first kappa shape index (κ1) is 25.6. The van der Waals surface area contributed by atoms with E-state index in [1.807, 2.05) is 0 Å². The Morgan fingerprint density at radius 1 is 1.14 bits per heavy atom. The van der Waals surface area contributed by atoms with Crippen LogP contribution in [0.5, 0.6) is 5.75 Å². The fraction of sp³-hybridized carbons (Fsp3) is 0.583. The number of unbranched alkanes of at least 4 members (excludes halogenated alkanes) is 2. The van der Waals surface area contributed by atoms with Crippen molar-refractivity contribution in [2.24, 2.45) is 5.92 Å². The second kappa shape index (κ2) is 11.0. The van der Waals surface area contributed by atoms with Gasteiger partial charge in [0.25, 0.3) is 5.56 Å². The average Bonchev–Trinajstić information content (AvgIpc) is 3.64. The van der Waals surface area contributed by atoms with E-state index in [1.165, 1.54) is 22.9 Å². The molecule has 2 aliphatic rings. The van der Waals surface area contributed by atoms with Crippen molar-refractivity contribution in [3.63, 3.8) is 0 Å². The Kier molecular flexibility index (Phi) is 8.08. The molecule has 0 amide bonds. The summed E-state index contributed by atoms with van der Waals surface area (Å²) in [4.78, 5) is 25.1. The lowest BCUT2D eigenvalue weighted by Gasteiger charge is -2.38. The number of hydrogen-bond donors (Lipinski definition) is 2. The van der Waals surface area contributed by atoms with Gasteiger partial charge in [0, 0.05) is 32.0 Å². The lowest BCUT2D eigenvalue weighted by molar-refractivity contribution is 0.0457. The van der Waals surface area contributed by atoms with Crippen molar-refractivity contribution in [3.8, 4) is 5.75 Å². The van der Waals surface area contributed by atoms with E-state index in [9.17, 15) is 22.4 Å². The molecule has 2 N–H and O–H groups in total. The van der Waals surface area contributed by atoms with Gasteiger partial charge in [-0.1, -0.05) is 12.5 Å². The summed E-state index contributed by atoms with van der Waals surface area (Å²) in [6, 6.07) is 5.85. The van der Waals surface area contributed by atoms with Crippen LogP contribution >= 0.6 is 0 Å². The van der Waals surface area contributed by atoms with Crippen molar-refractivity contribution >= 4 is 10.0 Å². The van der Waals surface area contributed by atoms with E-state index in [4.69, 9.17) is 9.47 Å². The zero-order valence-corrected chi connectivity index (χ0v) is 20.4. The maximum Gasteiger partial charge on any atom is 0.328 e. The largest absolute Gasteiger partial charge is 0.490 e. The molecule has 11 heteroatoms. The minimum atomic E-state index is -3.64. The summed E-state index contributed by atoms with van der Waals surface area (Å²) in [7, 11) is -3.64. The fourth-order valence-corrected chi connectivity index (χ4v) is 5.90. The molecule has 0 bridgehead atoms. The summed E-state index contributed by atoms with van der Waals surface area (Å²) in [6.07, 6.45) is 6.09. The molecule has 2 heterocycles. The fourth-order valence-electron chi connectivity index (χ4n) is 4.29. The second-order valence-corrected chi connectivity index (χ2v) is 11.2. The molecular formula is C24H32FN3O6S. The van der Waals surface area contributed by atoms with Crippen LogP contribution < -0.4 is 20.7 Å². The number of aromatic amines is 1. The van der Waals surface area contributed by atoms with Gasteiger partial charge in [0.15, 0.2) is 11.6 Å². The molecular weight excluding hydrogens is 477 g/mol. The van der Waals surface area contributed by atoms with Crippen LogP contribution in [-0.2, 0) is 26.8 Å². The van der Waals surface area contributed by atoms with Gasteiger partial charge in [-0.25, -0.2) is 22.3 Å². The summed E-state index contributed by atoms with van der Waals surface area (Å²) in [5.41, 5.74) is -1.14. The van der Waals surface area contributed by atoms with Gasteiger partial charge in [-0.05, 0) is 62.1 Å². The van der Waals surface area contributed by atoms with Crippen molar-refractivity contribution in [2.75, 3.05) is 25.6 Å². The molecule has 35 heavy (non-hydrogen) atoms. The van der Waals surface area contributed by atoms with Gasteiger partial charge in [-0.15, -0.1) is 0 Å². The molecule has 1 aromatic heterocycles. The van der Waals surface area contributed by atoms with E-state index in [1.54, 1.807) is 12.1 Å².